The van der Waals surface area contributed by atoms with Crippen LogP contribution in [0.1, 0.15) is 0 Å². The van der Waals surface area contributed by atoms with E-state index in [2.05, 4.69) is 37.4 Å². The van der Waals surface area contributed by atoms with E-state index in [0.29, 0.717) is 18.2 Å². The molecule has 0 aliphatic heterocycles. The molecule has 19 nitrogen and oxygen atoms in total. The van der Waals surface area contributed by atoms with E-state index in [0.717, 1.165) is 12.1 Å². The van der Waals surface area contributed by atoms with Gasteiger partial charge in [0.15, 0.2) is 0 Å². The second-order valence-corrected chi connectivity index (χ2v) is 12.5. The zero-order valence-corrected chi connectivity index (χ0v) is 24.0. The Kier molecular flexibility index (Phi) is 9.32. The van der Waals surface area contributed by atoms with Gasteiger partial charge in [0.25, 0.3) is 36.4 Å². The number of guanidine groups is 1. The largest absolute Gasteiger partial charge is 0.384 e. The van der Waals surface area contributed by atoms with Gasteiger partial charge in [-0.2, -0.15) is 39.6 Å². The van der Waals surface area contributed by atoms with Gasteiger partial charge >= 0.3 is 6.03 Å². The summed E-state index contributed by atoms with van der Waals surface area (Å²) in [5.74, 6) is -0.743. The molecule has 0 fully saturated rings. The lowest BCUT2D eigenvalue weighted by Crippen LogP contribution is -2.20. The topological polar surface area (TPSA) is 332 Å². The second kappa shape index (κ2) is 12.3. The first-order valence-electron chi connectivity index (χ1n) is 11.1. The lowest BCUT2D eigenvalue weighted by Gasteiger charge is -2.11. The number of nitrogens with two attached hydrogens (primary N) is 3. The minimum Gasteiger partial charge on any atom is -0.384 e. The number of amides is 2. The molecule has 0 spiro atoms. The first kappa shape index (κ1) is 33.4. The average Bonchev–Trinajstić information content (AvgIpc) is 2.84. The van der Waals surface area contributed by atoms with Crippen LogP contribution in [-0.2, 0) is 30.4 Å². The summed E-state index contributed by atoms with van der Waals surface area (Å²) in [5, 5.41) is 11.3. The molecule has 0 aromatic heterocycles. The first-order valence-corrected chi connectivity index (χ1v) is 15.4. The van der Waals surface area contributed by atoms with Crippen LogP contribution < -0.4 is 27.8 Å². The summed E-state index contributed by atoms with van der Waals surface area (Å²) >= 11 is 0. The van der Waals surface area contributed by atoms with Crippen molar-refractivity contribution in [2.45, 2.75) is 14.7 Å². The number of aliphatic imine (C=N–C) groups is 2. The van der Waals surface area contributed by atoms with Gasteiger partial charge in [0.2, 0.25) is 5.96 Å². The van der Waals surface area contributed by atoms with Gasteiger partial charge in [-0.3, -0.25) is 13.7 Å². The first-order chi connectivity index (χ1) is 20.1. The Hall–Kier alpha value is -5.07. The second-order valence-electron chi connectivity index (χ2n) is 8.30. The summed E-state index contributed by atoms with van der Waals surface area (Å²) in [6.45, 7) is 3.32. The van der Waals surface area contributed by atoms with Crippen LogP contribution >= 0.6 is 0 Å². The van der Waals surface area contributed by atoms with Crippen LogP contribution in [0.15, 0.2) is 89.8 Å². The van der Waals surface area contributed by atoms with Gasteiger partial charge in [-0.05, 0) is 47.9 Å². The molecule has 0 aliphatic rings. The third kappa shape index (κ3) is 8.49. The molecule has 0 saturated heterocycles. The van der Waals surface area contributed by atoms with E-state index in [1.165, 1.54) is 12.1 Å². The van der Waals surface area contributed by atoms with Gasteiger partial charge in [-0.25, -0.2) is 4.79 Å². The highest BCUT2D eigenvalue weighted by Crippen LogP contribution is 2.37. The standard InChI is InChI=1S/C21H20FN9O10S3/c1-9(23)26-21(29-19(22)24)27-11-2-3-14(15(6-11)28-20(25)32)30-31-16-8-13-10(5-18(16)44(39,40)41)4-12(42(33,34)35)7-17(13)43(36,37)38/h2-8H,1,23H2,(H3,25,28,32)(H,33,34,35)(H,36,37,38)(H,39,40,41)(H3,24,26,27,29). The fourth-order valence-electron chi connectivity index (χ4n) is 3.45. The lowest BCUT2D eigenvalue weighted by molar-refractivity contribution is 0.259. The van der Waals surface area contributed by atoms with Crippen molar-refractivity contribution in [1.29, 1.82) is 0 Å². The number of nitrogens with one attached hydrogen (secondary N) is 2. The van der Waals surface area contributed by atoms with Crippen molar-refractivity contribution in [3.05, 3.63) is 54.9 Å². The van der Waals surface area contributed by atoms with Crippen molar-refractivity contribution >= 4 is 82.0 Å². The van der Waals surface area contributed by atoms with Crippen molar-refractivity contribution in [1.82, 2.24) is 0 Å². The van der Waals surface area contributed by atoms with E-state index < -0.39 is 79.6 Å². The summed E-state index contributed by atoms with van der Waals surface area (Å²) in [7, 11) is -15.4. The summed E-state index contributed by atoms with van der Waals surface area (Å²) < 4.78 is 114. The SMILES string of the molecule is C=C(N)N=C(N=C(N)F)Nc1ccc(N=Nc2cc3c(S(=O)(=O)O)cc(S(=O)(=O)O)cc3cc2S(=O)(=O)O)c(NC(N)=O)c1. The number of fused-ring (bicyclic) bond motifs is 1. The Morgan fingerprint density at radius 3 is 1.91 bits per heavy atom. The van der Waals surface area contributed by atoms with Gasteiger partial charge in [-0.1, -0.05) is 6.58 Å². The number of nitrogens with zero attached hydrogens (tertiary/aromatic N) is 4. The number of carbonyl (C=O) groups is 1. The number of halogens is 1. The maximum Gasteiger partial charge on any atom is 0.316 e. The van der Waals surface area contributed by atoms with Crippen molar-refractivity contribution in [3.8, 4) is 0 Å². The minimum atomic E-state index is -5.19. The van der Waals surface area contributed by atoms with Gasteiger partial charge in [0, 0.05) is 11.1 Å². The van der Waals surface area contributed by atoms with Gasteiger partial charge in [0.1, 0.15) is 27.0 Å². The molecule has 0 atom stereocenters. The highest BCUT2D eigenvalue weighted by Gasteiger charge is 2.24. The Bertz CT molecular complexity index is 2130. The van der Waals surface area contributed by atoms with E-state index in [1.807, 2.05) is 0 Å². The maximum atomic E-state index is 13.1. The maximum absolute atomic E-state index is 13.1. The molecule has 3 aromatic carbocycles. The quantitative estimate of drug-likeness (QED) is 0.0558. The molecule has 3 aromatic rings. The minimum absolute atomic E-state index is 0.0643. The van der Waals surface area contributed by atoms with Crippen LogP contribution in [-0.4, -0.2) is 57.0 Å². The summed E-state index contributed by atoms with van der Waals surface area (Å²) in [6, 6.07) is 4.91. The highest BCUT2D eigenvalue weighted by atomic mass is 32.2. The molecule has 0 aliphatic carbocycles. The van der Waals surface area contributed by atoms with Crippen molar-refractivity contribution < 1.29 is 48.1 Å². The average molecular weight is 674 g/mol. The van der Waals surface area contributed by atoms with E-state index in [9.17, 15) is 48.1 Å². The molecule has 0 unspecified atom stereocenters. The third-order valence-corrected chi connectivity index (χ3v) is 7.67. The van der Waals surface area contributed by atoms with E-state index in [4.69, 9.17) is 17.2 Å². The molecule has 0 radical (unpaired) electrons. The van der Waals surface area contributed by atoms with Crippen molar-refractivity contribution in [2.24, 2.45) is 37.4 Å². The Labute approximate surface area is 247 Å². The van der Waals surface area contributed by atoms with Crippen LogP contribution in [0.5, 0.6) is 0 Å². The summed E-state index contributed by atoms with van der Waals surface area (Å²) in [6.07, 6.45) is -1.39. The Balaban J connectivity index is 2.25. The molecule has 44 heavy (non-hydrogen) atoms. The van der Waals surface area contributed by atoms with Crippen LogP contribution in [0.2, 0.25) is 0 Å². The van der Waals surface area contributed by atoms with Crippen molar-refractivity contribution in [3.63, 3.8) is 0 Å². The number of rotatable bonds is 8. The number of carbonyl (C=O) groups excluding carboxylic acids is 1. The van der Waals surface area contributed by atoms with Crippen LogP contribution in [0.3, 0.4) is 0 Å². The lowest BCUT2D eigenvalue weighted by atomic mass is 10.1. The van der Waals surface area contributed by atoms with Gasteiger partial charge in [-0.15, -0.1) is 10.2 Å². The number of hydrogen-bond donors (Lipinski definition) is 8. The fourth-order valence-corrected chi connectivity index (χ4v) is 5.44. The molecule has 234 valence electrons. The van der Waals surface area contributed by atoms with E-state index in [1.54, 1.807) is 0 Å². The van der Waals surface area contributed by atoms with E-state index >= 15 is 0 Å². The number of hydrogen-bond acceptors (Lipinski definition) is 11. The number of urea groups is 1. The smallest absolute Gasteiger partial charge is 0.316 e. The zero-order chi connectivity index (χ0) is 33.2. The number of azo groups is 1. The molecule has 0 saturated carbocycles. The van der Waals surface area contributed by atoms with E-state index in [-0.39, 0.29) is 22.9 Å². The number of anilines is 2. The number of benzene rings is 3. The van der Waals surface area contributed by atoms with Crippen LogP contribution in [0, 0.1) is 0 Å². The number of primary amides is 1. The number of amidine groups is 1. The van der Waals surface area contributed by atoms with Crippen LogP contribution in [0.25, 0.3) is 10.8 Å². The summed E-state index contributed by atoms with van der Waals surface area (Å²) in [5.41, 5.74) is 14.4. The summed E-state index contributed by atoms with van der Waals surface area (Å²) in [4.78, 5) is 15.4. The van der Waals surface area contributed by atoms with Gasteiger partial charge < -0.3 is 27.8 Å². The monoisotopic (exact) mass is 673 g/mol. The normalized spacial score (nSPS) is 13.3. The molecule has 0 bridgehead atoms. The molecule has 2 amide bonds. The van der Waals surface area contributed by atoms with Crippen LogP contribution in [0.4, 0.5) is 31.9 Å². The molecule has 0 heterocycles. The zero-order valence-electron chi connectivity index (χ0n) is 21.6. The highest BCUT2D eigenvalue weighted by molar-refractivity contribution is 7.87. The molecule has 23 heteroatoms. The molecular formula is C21H20FN9O10S3. The Morgan fingerprint density at radius 2 is 1.39 bits per heavy atom. The fraction of sp³-hybridized carbons (Fsp3) is 0. The predicted molar refractivity (Wildman–Crippen MR) is 154 cm³/mol. The molecular weight excluding hydrogens is 653 g/mol. The predicted octanol–water partition coefficient (Wildman–Crippen LogP) is 1.97. The van der Waals surface area contributed by atoms with Crippen molar-refractivity contribution in [2.75, 3.05) is 10.6 Å². The third-order valence-electron chi connectivity index (χ3n) is 5.06. The molecule has 11 N–H and O–H groups in total. The van der Waals surface area contributed by atoms with Gasteiger partial charge in [0.05, 0.1) is 10.6 Å². The Morgan fingerprint density at radius 1 is 0.773 bits per heavy atom. The molecule has 3 rings (SSSR count).